The van der Waals surface area contributed by atoms with E-state index in [-0.39, 0.29) is 12.7 Å². The van der Waals surface area contributed by atoms with Crippen molar-refractivity contribution in [1.29, 1.82) is 0 Å². The van der Waals surface area contributed by atoms with E-state index in [2.05, 4.69) is 26.5 Å². The highest BCUT2D eigenvalue weighted by Gasteiger charge is 2.15. The summed E-state index contributed by atoms with van der Waals surface area (Å²) in [5.41, 5.74) is 3.08. The van der Waals surface area contributed by atoms with Gasteiger partial charge in [0.15, 0.2) is 11.5 Å². The minimum Gasteiger partial charge on any atom is -0.454 e. The van der Waals surface area contributed by atoms with E-state index >= 15 is 0 Å². The third-order valence-electron chi connectivity index (χ3n) is 2.66. The van der Waals surface area contributed by atoms with Crippen LogP contribution in [0.3, 0.4) is 0 Å². The van der Waals surface area contributed by atoms with E-state index in [4.69, 9.17) is 21.1 Å². The SMILES string of the molecule is O=C(N/N=C/c1cc2c(cc1Cl)OCO2)c1ccc(Br)s1. The van der Waals surface area contributed by atoms with Crippen molar-refractivity contribution in [1.82, 2.24) is 5.43 Å². The highest BCUT2D eigenvalue weighted by atomic mass is 79.9. The van der Waals surface area contributed by atoms with Crippen molar-refractivity contribution in [2.45, 2.75) is 0 Å². The molecule has 5 nitrogen and oxygen atoms in total. The van der Waals surface area contributed by atoms with E-state index in [9.17, 15) is 4.79 Å². The van der Waals surface area contributed by atoms with Crippen LogP contribution < -0.4 is 14.9 Å². The number of hydrazone groups is 1. The Balaban J connectivity index is 1.70. The number of hydrogen-bond acceptors (Lipinski definition) is 5. The summed E-state index contributed by atoms with van der Waals surface area (Å²) < 4.78 is 11.4. The smallest absolute Gasteiger partial charge is 0.281 e. The molecule has 1 aliphatic rings. The molecule has 1 amide bonds. The molecule has 2 heterocycles. The second-order valence-electron chi connectivity index (χ2n) is 4.03. The summed E-state index contributed by atoms with van der Waals surface area (Å²) in [6.45, 7) is 0.177. The Bertz CT molecular complexity index is 732. The second kappa shape index (κ2) is 6.05. The minimum atomic E-state index is -0.279. The fourth-order valence-electron chi connectivity index (χ4n) is 1.68. The average Bonchev–Trinajstić information content (AvgIpc) is 3.07. The first kappa shape index (κ1) is 14.4. The number of ether oxygens (including phenoxy) is 2. The van der Waals surface area contributed by atoms with Gasteiger partial charge in [0, 0.05) is 11.6 Å². The van der Waals surface area contributed by atoms with Gasteiger partial charge >= 0.3 is 0 Å². The van der Waals surface area contributed by atoms with E-state index in [0.29, 0.717) is 27.0 Å². The first-order valence-corrected chi connectivity index (χ1v) is 7.80. The van der Waals surface area contributed by atoms with Crippen LogP contribution in [-0.4, -0.2) is 18.9 Å². The lowest BCUT2D eigenvalue weighted by molar-refractivity contribution is 0.0959. The van der Waals surface area contributed by atoms with Crippen LogP contribution in [0.4, 0.5) is 0 Å². The summed E-state index contributed by atoms with van der Waals surface area (Å²) in [5, 5.41) is 4.37. The predicted octanol–water partition coefficient (Wildman–Crippen LogP) is 3.66. The molecule has 1 N–H and O–H groups in total. The molecule has 21 heavy (non-hydrogen) atoms. The summed E-state index contributed by atoms with van der Waals surface area (Å²) in [4.78, 5) is 12.4. The van der Waals surface area contributed by atoms with Crippen LogP contribution in [0.5, 0.6) is 11.5 Å². The molecule has 2 aromatic rings. The van der Waals surface area contributed by atoms with Gasteiger partial charge in [0.2, 0.25) is 6.79 Å². The molecular weight excluding hydrogens is 380 g/mol. The van der Waals surface area contributed by atoms with Crippen molar-refractivity contribution >= 4 is 51.0 Å². The lowest BCUT2D eigenvalue weighted by Gasteiger charge is -2.01. The number of rotatable bonds is 3. The third-order valence-corrected chi connectivity index (χ3v) is 4.61. The quantitative estimate of drug-likeness (QED) is 0.646. The Morgan fingerprint density at radius 2 is 2.14 bits per heavy atom. The van der Waals surface area contributed by atoms with Gasteiger partial charge in [-0.2, -0.15) is 5.10 Å². The number of halogens is 2. The largest absolute Gasteiger partial charge is 0.454 e. The number of amides is 1. The standard InChI is InChI=1S/C13H8BrClN2O3S/c14-12-2-1-11(21-12)13(18)17-16-5-7-3-9-10(4-8(7)15)20-6-19-9/h1-5H,6H2,(H,17,18)/b16-5+. The number of hydrogen-bond donors (Lipinski definition) is 1. The predicted molar refractivity (Wildman–Crippen MR) is 84.7 cm³/mol. The number of thiophene rings is 1. The molecule has 1 aliphatic heterocycles. The van der Waals surface area contributed by atoms with E-state index in [1.807, 2.05) is 0 Å². The summed E-state index contributed by atoms with van der Waals surface area (Å²) in [6, 6.07) is 6.89. The maximum atomic E-state index is 11.8. The molecule has 0 radical (unpaired) electrons. The fourth-order valence-corrected chi connectivity index (χ4v) is 3.16. The Morgan fingerprint density at radius 1 is 1.38 bits per heavy atom. The zero-order valence-corrected chi connectivity index (χ0v) is 13.6. The van der Waals surface area contributed by atoms with Gasteiger partial charge in [-0.05, 0) is 34.1 Å². The molecule has 0 unspecified atom stereocenters. The molecule has 0 saturated carbocycles. The van der Waals surface area contributed by atoms with Gasteiger partial charge in [-0.25, -0.2) is 5.43 Å². The zero-order valence-electron chi connectivity index (χ0n) is 10.4. The topological polar surface area (TPSA) is 59.9 Å². The van der Waals surface area contributed by atoms with Gasteiger partial charge in [-0.15, -0.1) is 11.3 Å². The van der Waals surface area contributed by atoms with Crippen molar-refractivity contribution in [3.63, 3.8) is 0 Å². The maximum Gasteiger partial charge on any atom is 0.281 e. The second-order valence-corrected chi connectivity index (χ2v) is 6.90. The Labute approximate surface area is 137 Å². The molecule has 0 fully saturated rings. The van der Waals surface area contributed by atoms with E-state index in [1.54, 1.807) is 24.3 Å². The van der Waals surface area contributed by atoms with Gasteiger partial charge < -0.3 is 9.47 Å². The van der Waals surface area contributed by atoms with Crippen LogP contribution >= 0.6 is 38.9 Å². The lowest BCUT2D eigenvalue weighted by Crippen LogP contribution is -2.16. The van der Waals surface area contributed by atoms with Crippen LogP contribution in [0.15, 0.2) is 33.2 Å². The van der Waals surface area contributed by atoms with Crippen LogP contribution in [0, 0.1) is 0 Å². The Kier molecular flexibility index (Phi) is 4.14. The number of nitrogens with one attached hydrogen (secondary N) is 1. The number of benzene rings is 1. The van der Waals surface area contributed by atoms with Gasteiger partial charge in [0.1, 0.15) is 0 Å². The number of nitrogens with zero attached hydrogens (tertiary/aromatic N) is 1. The van der Waals surface area contributed by atoms with Gasteiger partial charge in [0.05, 0.1) is 19.9 Å². The van der Waals surface area contributed by atoms with Crippen LogP contribution in [0.1, 0.15) is 15.2 Å². The van der Waals surface area contributed by atoms with Gasteiger partial charge in [0.25, 0.3) is 5.91 Å². The summed E-state index contributed by atoms with van der Waals surface area (Å²) in [7, 11) is 0. The van der Waals surface area contributed by atoms with E-state index < -0.39 is 0 Å². The fraction of sp³-hybridized carbons (Fsp3) is 0.0769. The van der Waals surface area contributed by atoms with Gasteiger partial charge in [-0.1, -0.05) is 11.6 Å². The molecule has 0 atom stereocenters. The molecule has 8 heteroatoms. The summed E-state index contributed by atoms with van der Waals surface area (Å²) in [5.74, 6) is 0.929. The number of fused-ring (bicyclic) bond motifs is 1. The molecule has 1 aromatic carbocycles. The Morgan fingerprint density at radius 3 is 2.86 bits per heavy atom. The molecule has 0 spiro atoms. The summed E-state index contributed by atoms with van der Waals surface area (Å²) in [6.07, 6.45) is 1.46. The number of carbonyl (C=O) groups is 1. The molecule has 0 saturated heterocycles. The molecule has 1 aromatic heterocycles. The zero-order chi connectivity index (χ0) is 14.8. The third kappa shape index (κ3) is 3.20. The van der Waals surface area contributed by atoms with Gasteiger partial charge in [-0.3, -0.25) is 4.79 Å². The van der Waals surface area contributed by atoms with E-state index in [1.165, 1.54) is 17.6 Å². The van der Waals surface area contributed by atoms with Crippen LogP contribution in [0.25, 0.3) is 0 Å². The van der Waals surface area contributed by atoms with Crippen molar-refractivity contribution in [2.75, 3.05) is 6.79 Å². The first-order chi connectivity index (χ1) is 10.1. The summed E-state index contributed by atoms with van der Waals surface area (Å²) >= 11 is 10.7. The molecule has 0 aliphatic carbocycles. The highest BCUT2D eigenvalue weighted by molar-refractivity contribution is 9.11. The van der Waals surface area contributed by atoms with Crippen LogP contribution in [0.2, 0.25) is 5.02 Å². The highest BCUT2D eigenvalue weighted by Crippen LogP contribution is 2.36. The minimum absolute atomic E-state index is 0.177. The van der Waals surface area contributed by atoms with Crippen LogP contribution in [-0.2, 0) is 0 Å². The number of carbonyl (C=O) groups excluding carboxylic acids is 1. The first-order valence-electron chi connectivity index (χ1n) is 5.81. The van der Waals surface area contributed by atoms with Crippen molar-refractivity contribution in [3.05, 3.63) is 43.5 Å². The van der Waals surface area contributed by atoms with Crippen molar-refractivity contribution in [3.8, 4) is 11.5 Å². The normalized spacial score (nSPS) is 12.9. The lowest BCUT2D eigenvalue weighted by atomic mass is 10.2. The van der Waals surface area contributed by atoms with E-state index in [0.717, 1.165) is 3.79 Å². The average molecular weight is 388 g/mol. The monoisotopic (exact) mass is 386 g/mol. The molecule has 3 rings (SSSR count). The Hall–Kier alpha value is -1.57. The molecule has 108 valence electrons. The van der Waals surface area contributed by atoms with Crippen molar-refractivity contribution < 1.29 is 14.3 Å². The molecule has 0 bridgehead atoms. The van der Waals surface area contributed by atoms with Crippen molar-refractivity contribution in [2.24, 2.45) is 5.10 Å². The molecular formula is C13H8BrClN2O3S. The maximum absolute atomic E-state index is 11.8.